The van der Waals surface area contributed by atoms with Gasteiger partial charge in [-0.2, -0.15) is 0 Å². The normalized spacial score (nSPS) is 17.1. The third-order valence-corrected chi connectivity index (χ3v) is 6.37. The molecule has 0 aliphatic carbocycles. The summed E-state index contributed by atoms with van der Waals surface area (Å²) in [6.07, 6.45) is -0.394. The second-order valence-corrected chi connectivity index (χ2v) is 8.98. The Balaban J connectivity index is 1.69. The fourth-order valence-corrected chi connectivity index (χ4v) is 4.43. The minimum Gasteiger partial charge on any atom is -0.493 e. The first kappa shape index (κ1) is 23.0. The van der Waals surface area contributed by atoms with Gasteiger partial charge in [0.15, 0.2) is 22.9 Å². The molecule has 1 aliphatic heterocycles. The number of aliphatic hydroxyl groups is 1. The van der Waals surface area contributed by atoms with Crippen molar-refractivity contribution < 1.29 is 24.2 Å². The Labute approximate surface area is 200 Å². The molecule has 0 spiro atoms. The summed E-state index contributed by atoms with van der Waals surface area (Å²) in [5, 5.41) is 11.6. The molecule has 1 heterocycles. The van der Waals surface area contributed by atoms with Crippen molar-refractivity contribution in [3.8, 4) is 11.5 Å². The van der Waals surface area contributed by atoms with Gasteiger partial charge in [-0.3, -0.25) is 9.59 Å². The number of hydrogen-bond acceptors (Lipinski definition) is 5. The minimum absolute atomic E-state index is 0.292. The van der Waals surface area contributed by atoms with Crippen molar-refractivity contribution in [2.45, 2.75) is 25.5 Å². The van der Waals surface area contributed by atoms with Gasteiger partial charge in [-0.1, -0.05) is 45.8 Å². The Bertz CT molecular complexity index is 1220. The first-order valence-corrected chi connectivity index (χ1v) is 11.2. The minimum atomic E-state index is -1.98. The second kappa shape index (κ2) is 9.00. The van der Waals surface area contributed by atoms with Gasteiger partial charge in [-0.25, -0.2) is 0 Å². The van der Waals surface area contributed by atoms with E-state index in [2.05, 4.69) is 15.9 Å². The van der Waals surface area contributed by atoms with Crippen LogP contribution in [0.1, 0.15) is 33.5 Å². The molecule has 0 radical (unpaired) electrons. The predicted octanol–water partition coefficient (Wildman–Crippen LogP) is 4.78. The molecule has 3 aromatic rings. The van der Waals surface area contributed by atoms with Crippen LogP contribution >= 0.6 is 15.9 Å². The summed E-state index contributed by atoms with van der Waals surface area (Å²) < 4.78 is 11.2. The zero-order valence-electron chi connectivity index (χ0n) is 18.6. The fourth-order valence-electron chi connectivity index (χ4n) is 4.07. The van der Waals surface area contributed by atoms with Crippen LogP contribution in [0.25, 0.3) is 0 Å². The number of halogens is 1. The number of nitrogens with zero attached hydrogens (tertiary/aromatic N) is 1. The van der Waals surface area contributed by atoms with Crippen molar-refractivity contribution >= 4 is 33.3 Å². The zero-order chi connectivity index (χ0) is 23.8. The number of Topliss-reactive ketones (excluding diaryl/α,β-unsaturated/α-hetero) is 1. The number of anilines is 1. The highest BCUT2D eigenvalue weighted by Crippen LogP contribution is 2.45. The van der Waals surface area contributed by atoms with Gasteiger partial charge in [-0.15, -0.1) is 0 Å². The maximum Gasteiger partial charge on any atom is 0.264 e. The lowest BCUT2D eigenvalue weighted by molar-refractivity contribution is -0.136. The van der Waals surface area contributed by atoms with Crippen molar-refractivity contribution in [2.75, 3.05) is 19.1 Å². The second-order valence-electron chi connectivity index (χ2n) is 8.07. The zero-order valence-corrected chi connectivity index (χ0v) is 20.2. The van der Waals surface area contributed by atoms with E-state index in [9.17, 15) is 14.7 Å². The molecular weight excluding hydrogens is 486 g/mol. The van der Waals surface area contributed by atoms with Crippen molar-refractivity contribution in [2.24, 2.45) is 0 Å². The van der Waals surface area contributed by atoms with Crippen LogP contribution in [0.15, 0.2) is 65.1 Å². The lowest BCUT2D eigenvalue weighted by Crippen LogP contribution is -2.41. The number of aryl methyl sites for hydroxylation is 1. The molecule has 1 amide bonds. The largest absolute Gasteiger partial charge is 0.493 e. The summed E-state index contributed by atoms with van der Waals surface area (Å²) in [6, 6.07) is 17.9. The van der Waals surface area contributed by atoms with Gasteiger partial charge in [-0.05, 0) is 48.9 Å². The van der Waals surface area contributed by atoms with Crippen molar-refractivity contribution in [1.29, 1.82) is 0 Å². The van der Waals surface area contributed by atoms with Crippen LogP contribution in [-0.2, 0) is 16.9 Å². The van der Waals surface area contributed by atoms with Crippen LogP contribution in [0.4, 0.5) is 5.69 Å². The lowest BCUT2D eigenvalue weighted by Gasteiger charge is -2.23. The Morgan fingerprint density at radius 1 is 1.00 bits per heavy atom. The summed E-state index contributed by atoms with van der Waals surface area (Å²) >= 11 is 3.42. The number of methoxy groups -OCH3 is 2. The SMILES string of the molecule is COc1ccc(C(=O)CC2(O)C(=O)N(Cc3ccc(C)cc3)c3ccc(Br)cc32)cc1OC. The molecule has 0 saturated carbocycles. The number of rotatable bonds is 7. The van der Waals surface area contributed by atoms with Crippen molar-refractivity contribution in [1.82, 2.24) is 0 Å². The van der Waals surface area contributed by atoms with Crippen LogP contribution in [0, 0.1) is 6.92 Å². The monoisotopic (exact) mass is 509 g/mol. The number of carbonyl (C=O) groups excluding carboxylic acids is 2. The van der Waals surface area contributed by atoms with Gasteiger partial charge in [0.05, 0.1) is 32.9 Å². The number of hydrogen-bond donors (Lipinski definition) is 1. The van der Waals surface area contributed by atoms with Gasteiger partial charge in [0, 0.05) is 15.6 Å². The first-order valence-electron chi connectivity index (χ1n) is 10.4. The predicted molar refractivity (Wildman–Crippen MR) is 129 cm³/mol. The summed E-state index contributed by atoms with van der Waals surface area (Å²) in [4.78, 5) is 28.2. The molecule has 1 unspecified atom stereocenters. The number of benzene rings is 3. The van der Waals surface area contributed by atoms with Gasteiger partial charge >= 0.3 is 0 Å². The Kier molecular flexibility index (Phi) is 6.28. The number of amides is 1. The summed E-state index contributed by atoms with van der Waals surface area (Å²) in [5.74, 6) is -0.0135. The van der Waals surface area contributed by atoms with E-state index in [1.165, 1.54) is 19.1 Å². The van der Waals surface area contributed by atoms with Gasteiger partial charge in [0.1, 0.15) is 0 Å². The molecule has 0 aromatic heterocycles. The number of ketones is 1. The molecule has 0 fully saturated rings. The molecule has 6 nitrogen and oxygen atoms in total. The highest BCUT2D eigenvalue weighted by molar-refractivity contribution is 9.10. The molecule has 170 valence electrons. The first-order chi connectivity index (χ1) is 15.8. The third-order valence-electron chi connectivity index (χ3n) is 5.88. The fraction of sp³-hybridized carbons (Fsp3) is 0.231. The third kappa shape index (κ3) is 4.26. The van der Waals surface area contributed by atoms with E-state index in [0.717, 1.165) is 11.1 Å². The molecule has 1 atom stereocenters. The van der Waals surface area contributed by atoms with E-state index in [0.29, 0.717) is 39.3 Å². The topological polar surface area (TPSA) is 76.1 Å². The molecule has 0 saturated heterocycles. The molecule has 0 bridgehead atoms. The number of ether oxygens (including phenoxy) is 2. The average Bonchev–Trinajstić information content (AvgIpc) is 3.01. The highest BCUT2D eigenvalue weighted by Gasteiger charge is 2.51. The van der Waals surface area contributed by atoms with E-state index in [1.807, 2.05) is 37.3 Å². The number of carbonyl (C=O) groups is 2. The van der Waals surface area contributed by atoms with Crippen molar-refractivity contribution in [3.63, 3.8) is 0 Å². The smallest absolute Gasteiger partial charge is 0.264 e. The Morgan fingerprint density at radius 3 is 2.36 bits per heavy atom. The van der Waals surface area contributed by atoms with E-state index in [-0.39, 0.29) is 5.78 Å². The number of fused-ring (bicyclic) bond motifs is 1. The molecule has 4 rings (SSSR count). The van der Waals surface area contributed by atoms with Gasteiger partial charge in [0.25, 0.3) is 5.91 Å². The molecular formula is C26H24BrNO5. The van der Waals surface area contributed by atoms with E-state index in [1.54, 1.807) is 30.3 Å². The quantitative estimate of drug-likeness (QED) is 0.463. The van der Waals surface area contributed by atoms with Crippen LogP contribution < -0.4 is 14.4 Å². The van der Waals surface area contributed by atoms with E-state index >= 15 is 0 Å². The lowest BCUT2D eigenvalue weighted by atomic mass is 9.88. The van der Waals surface area contributed by atoms with Gasteiger partial charge < -0.3 is 19.5 Å². The molecule has 1 N–H and O–H groups in total. The van der Waals surface area contributed by atoms with Crippen LogP contribution in [-0.4, -0.2) is 31.0 Å². The summed E-state index contributed by atoms with van der Waals surface area (Å²) in [7, 11) is 2.99. The van der Waals surface area contributed by atoms with E-state index < -0.39 is 17.9 Å². The highest BCUT2D eigenvalue weighted by atomic mass is 79.9. The maximum atomic E-state index is 13.5. The van der Waals surface area contributed by atoms with Crippen LogP contribution in [0.2, 0.25) is 0 Å². The summed E-state index contributed by atoms with van der Waals surface area (Å²) in [5.41, 5.74) is 1.39. The average molecular weight is 510 g/mol. The maximum absolute atomic E-state index is 13.5. The van der Waals surface area contributed by atoms with Crippen LogP contribution in [0.3, 0.4) is 0 Å². The molecule has 7 heteroatoms. The standard InChI is InChI=1S/C26H24BrNO5/c1-16-4-6-17(7-5-16)15-28-21-10-9-19(27)13-20(21)26(31,25(28)30)14-22(29)18-8-11-23(32-2)24(12-18)33-3/h4-13,31H,14-15H2,1-3H3. The van der Waals surface area contributed by atoms with Crippen molar-refractivity contribution in [3.05, 3.63) is 87.4 Å². The Hall–Kier alpha value is -3.16. The van der Waals surface area contributed by atoms with E-state index in [4.69, 9.17) is 9.47 Å². The van der Waals surface area contributed by atoms with Gasteiger partial charge in [0.2, 0.25) is 0 Å². The Morgan fingerprint density at radius 2 is 1.70 bits per heavy atom. The summed E-state index contributed by atoms with van der Waals surface area (Å²) in [6.45, 7) is 2.29. The molecule has 3 aromatic carbocycles. The van der Waals surface area contributed by atoms with Crippen LogP contribution in [0.5, 0.6) is 11.5 Å². The molecule has 1 aliphatic rings. The molecule has 33 heavy (non-hydrogen) atoms.